The first kappa shape index (κ1) is 39.3. The second kappa shape index (κ2) is 16.4. The average Bonchev–Trinajstić information content (AvgIpc) is 3.98. The van der Waals surface area contributed by atoms with Gasteiger partial charge in [0.25, 0.3) is 0 Å². The van der Waals surface area contributed by atoms with Crippen molar-refractivity contribution in [3.05, 3.63) is 249 Å². The molecule has 2 heterocycles. The minimum Gasteiger partial charge on any atom is -0.310 e. The van der Waals surface area contributed by atoms with E-state index >= 15 is 0 Å². The van der Waals surface area contributed by atoms with Gasteiger partial charge in [-0.2, -0.15) is 0 Å². The number of nitrogens with zero attached hydrogens (tertiary/aromatic N) is 1. The highest BCUT2D eigenvalue weighted by atomic mass is 32.1. The molecule has 3 heteroatoms. The molecule has 314 valence electrons. The maximum atomic E-state index is 2.45. The van der Waals surface area contributed by atoms with E-state index in [9.17, 15) is 0 Å². The van der Waals surface area contributed by atoms with Gasteiger partial charge in [-0.3, -0.25) is 0 Å². The fourth-order valence-electron chi connectivity index (χ4n) is 9.88. The van der Waals surface area contributed by atoms with Crippen molar-refractivity contribution in [3.63, 3.8) is 0 Å². The van der Waals surface area contributed by atoms with Crippen LogP contribution in [0.1, 0.15) is 0 Å². The van der Waals surface area contributed by atoms with E-state index in [2.05, 4.69) is 254 Å². The van der Waals surface area contributed by atoms with Crippen molar-refractivity contribution in [2.24, 2.45) is 0 Å². The normalized spacial score (nSPS) is 11.6. The van der Waals surface area contributed by atoms with Crippen molar-refractivity contribution in [2.45, 2.75) is 0 Å². The van der Waals surface area contributed by atoms with Gasteiger partial charge in [0.05, 0.1) is 0 Å². The third-order valence-corrected chi connectivity index (χ3v) is 15.6. The summed E-state index contributed by atoms with van der Waals surface area (Å²) in [6.07, 6.45) is 0. The van der Waals surface area contributed by atoms with Gasteiger partial charge in [-0.1, -0.05) is 170 Å². The summed E-state index contributed by atoms with van der Waals surface area (Å²) < 4.78 is 5.23. The first-order chi connectivity index (χ1) is 33.2. The molecule has 0 N–H and O–H groups in total. The Labute approximate surface area is 397 Å². The molecular weight excluding hydrogens is 847 g/mol. The number of hydrogen-bond acceptors (Lipinski definition) is 3. The Kier molecular flexibility index (Phi) is 9.63. The van der Waals surface area contributed by atoms with Gasteiger partial charge in [-0.25, -0.2) is 0 Å². The average molecular weight is 888 g/mol. The Balaban J connectivity index is 1.01. The van der Waals surface area contributed by atoms with Crippen LogP contribution in [0.4, 0.5) is 17.1 Å². The molecule has 0 amide bonds. The molecule has 0 bridgehead atoms. The predicted molar refractivity (Wildman–Crippen MR) is 292 cm³/mol. The summed E-state index contributed by atoms with van der Waals surface area (Å²) in [5.41, 5.74) is 15.2. The molecule has 13 rings (SSSR count). The van der Waals surface area contributed by atoms with Gasteiger partial charge in [0.15, 0.2) is 0 Å². The molecule has 11 aromatic carbocycles. The number of anilines is 3. The third-order valence-electron chi connectivity index (χ3n) is 13.2. The lowest BCUT2D eigenvalue weighted by atomic mass is 9.94. The molecule has 67 heavy (non-hydrogen) atoms. The van der Waals surface area contributed by atoms with Crippen molar-refractivity contribution < 1.29 is 0 Å². The van der Waals surface area contributed by atoms with Gasteiger partial charge in [0, 0.05) is 57.4 Å². The molecule has 0 atom stereocenters. The summed E-state index contributed by atoms with van der Waals surface area (Å²) in [6.45, 7) is 0. The largest absolute Gasteiger partial charge is 0.310 e. The Morgan fingerprint density at radius 1 is 0.224 bits per heavy atom. The topological polar surface area (TPSA) is 3.24 Å². The Bertz CT molecular complexity index is 3980. The standard InChI is InChI=1S/C64H41NS2/c1-3-13-42(14-4-1)46-18-11-20-48(35-46)44-25-29-53(30-26-44)65(54-31-34-62-60(41-54)57-23-9-10-24-61(57)66-62)55-38-51(49-21-12-19-47(36-49)43-15-5-2-6-16-43)37-52(39-55)50-28-33-63-59(40-50)58-32-27-45-17-7-8-22-56(45)64(58)67-63/h1-41H. The zero-order chi connectivity index (χ0) is 44.3. The van der Waals surface area contributed by atoms with Crippen LogP contribution >= 0.6 is 22.7 Å². The number of thiophene rings is 2. The molecule has 1 nitrogen and oxygen atoms in total. The Hall–Kier alpha value is -8.08. The van der Waals surface area contributed by atoms with Gasteiger partial charge in [-0.05, 0) is 145 Å². The quantitative estimate of drug-likeness (QED) is 0.147. The fourth-order valence-corrected chi connectivity index (χ4v) is 12.2. The first-order valence-corrected chi connectivity index (χ1v) is 24.4. The third kappa shape index (κ3) is 7.17. The second-order valence-electron chi connectivity index (χ2n) is 17.3. The van der Waals surface area contributed by atoms with Gasteiger partial charge in [0.2, 0.25) is 0 Å². The van der Waals surface area contributed by atoms with Crippen molar-refractivity contribution in [2.75, 3.05) is 4.90 Å². The maximum Gasteiger partial charge on any atom is 0.0473 e. The zero-order valence-corrected chi connectivity index (χ0v) is 38.1. The van der Waals surface area contributed by atoms with Crippen molar-refractivity contribution >= 4 is 90.9 Å². The molecule has 0 aliphatic heterocycles. The van der Waals surface area contributed by atoms with Crippen molar-refractivity contribution in [1.82, 2.24) is 0 Å². The second-order valence-corrected chi connectivity index (χ2v) is 19.4. The van der Waals surface area contributed by atoms with E-state index < -0.39 is 0 Å². The maximum absolute atomic E-state index is 2.45. The van der Waals surface area contributed by atoms with Gasteiger partial charge in [0.1, 0.15) is 0 Å². The van der Waals surface area contributed by atoms with Gasteiger partial charge in [-0.15, -0.1) is 22.7 Å². The molecule has 2 aromatic heterocycles. The molecule has 0 spiro atoms. The summed E-state index contributed by atoms with van der Waals surface area (Å²) >= 11 is 3.75. The molecule has 0 saturated heterocycles. The van der Waals surface area contributed by atoms with Gasteiger partial charge < -0.3 is 4.90 Å². The minimum absolute atomic E-state index is 1.09. The highest BCUT2D eigenvalue weighted by Gasteiger charge is 2.19. The van der Waals surface area contributed by atoms with Crippen LogP contribution in [0.25, 0.3) is 107 Å². The summed E-state index contributed by atoms with van der Waals surface area (Å²) in [6, 6.07) is 91.6. The first-order valence-electron chi connectivity index (χ1n) is 22.8. The van der Waals surface area contributed by atoms with E-state index in [1.807, 2.05) is 22.7 Å². The lowest BCUT2D eigenvalue weighted by Crippen LogP contribution is -2.10. The van der Waals surface area contributed by atoms with E-state index in [1.165, 1.54) is 101 Å². The smallest absolute Gasteiger partial charge is 0.0473 e. The van der Waals surface area contributed by atoms with Crippen molar-refractivity contribution in [1.29, 1.82) is 0 Å². The number of rotatable bonds is 8. The summed E-state index contributed by atoms with van der Waals surface area (Å²) in [7, 11) is 0. The van der Waals surface area contributed by atoms with E-state index in [0.717, 1.165) is 22.6 Å². The van der Waals surface area contributed by atoms with E-state index in [-0.39, 0.29) is 0 Å². The highest BCUT2D eigenvalue weighted by molar-refractivity contribution is 7.26. The highest BCUT2D eigenvalue weighted by Crippen LogP contribution is 2.45. The van der Waals surface area contributed by atoms with Crippen LogP contribution in [-0.4, -0.2) is 0 Å². The minimum atomic E-state index is 1.09. The summed E-state index contributed by atoms with van der Waals surface area (Å²) in [5, 5.41) is 7.74. The molecule has 13 aromatic rings. The lowest BCUT2D eigenvalue weighted by Gasteiger charge is -2.27. The molecule has 0 aliphatic carbocycles. The van der Waals surface area contributed by atoms with Crippen LogP contribution in [0.2, 0.25) is 0 Å². The lowest BCUT2D eigenvalue weighted by molar-refractivity contribution is 1.29. The Morgan fingerprint density at radius 3 is 1.40 bits per heavy atom. The fraction of sp³-hybridized carbons (Fsp3) is 0. The Morgan fingerprint density at radius 2 is 0.701 bits per heavy atom. The zero-order valence-electron chi connectivity index (χ0n) is 36.4. The molecule has 0 aliphatic rings. The molecule has 0 fully saturated rings. The van der Waals surface area contributed by atoms with Gasteiger partial charge >= 0.3 is 0 Å². The van der Waals surface area contributed by atoms with E-state index in [4.69, 9.17) is 0 Å². The molecule has 0 unspecified atom stereocenters. The van der Waals surface area contributed by atoms with Crippen LogP contribution in [-0.2, 0) is 0 Å². The van der Waals surface area contributed by atoms with Crippen LogP contribution in [0, 0.1) is 0 Å². The summed E-state index contributed by atoms with van der Waals surface area (Å²) in [5.74, 6) is 0. The van der Waals surface area contributed by atoms with Crippen molar-refractivity contribution in [3.8, 4) is 55.6 Å². The number of benzene rings is 11. The molecule has 0 radical (unpaired) electrons. The number of fused-ring (bicyclic) bond motifs is 8. The van der Waals surface area contributed by atoms with E-state index in [1.54, 1.807) is 0 Å². The van der Waals surface area contributed by atoms with Crippen LogP contribution in [0.5, 0.6) is 0 Å². The SMILES string of the molecule is c1ccc(-c2cccc(-c3ccc(N(c4cc(-c5cccc(-c6ccccc6)c5)cc(-c5ccc6sc7c8ccccc8ccc7c6c5)c4)c4ccc5sc6ccccc6c5c4)cc3)c2)cc1. The monoisotopic (exact) mass is 887 g/mol. The van der Waals surface area contributed by atoms with Crippen LogP contribution in [0.15, 0.2) is 249 Å². The van der Waals surface area contributed by atoms with Crippen LogP contribution < -0.4 is 4.90 Å². The molecule has 0 saturated carbocycles. The van der Waals surface area contributed by atoms with Crippen LogP contribution in [0.3, 0.4) is 0 Å². The predicted octanol–water partition coefficient (Wildman–Crippen LogP) is 19.4. The number of hydrogen-bond donors (Lipinski definition) is 0. The summed E-state index contributed by atoms with van der Waals surface area (Å²) in [4.78, 5) is 2.45. The van der Waals surface area contributed by atoms with E-state index in [0.29, 0.717) is 0 Å². The molecular formula is C64H41NS2.